The number of nitriles is 2. The SMILES string of the molecule is [C-]#[N+]C(C#N)=C(C(=C(C#N)[N+]#[C-])P(=C)(N(CC)CC)N(CC)CC)C1CCCC1. The molecule has 0 radical (unpaired) electrons. The zero-order chi connectivity index (χ0) is 22.0. The Morgan fingerprint density at radius 3 is 1.66 bits per heavy atom. The normalized spacial score (nSPS) is 16.5. The second-order valence-electron chi connectivity index (χ2n) is 6.90. The van der Waals surface area contributed by atoms with Gasteiger partial charge in [-0.1, -0.05) is 46.8 Å². The number of nitrogens with zero attached hydrogens (tertiary/aromatic N) is 6. The number of hydrogen-bond donors (Lipinski definition) is 0. The molecule has 0 atom stereocenters. The van der Waals surface area contributed by atoms with Crippen LogP contribution in [0, 0.1) is 41.7 Å². The number of allylic oxidation sites excluding steroid dienone is 4. The minimum atomic E-state index is -2.57. The highest BCUT2D eigenvalue weighted by atomic mass is 31.2. The van der Waals surface area contributed by atoms with Crippen molar-refractivity contribution in [2.24, 2.45) is 5.92 Å². The van der Waals surface area contributed by atoms with E-state index in [0.29, 0.717) is 37.1 Å². The molecule has 0 N–H and O–H groups in total. The molecule has 0 aliphatic heterocycles. The summed E-state index contributed by atoms with van der Waals surface area (Å²) in [5.74, 6) is 0.0195. The van der Waals surface area contributed by atoms with Crippen molar-refractivity contribution in [2.45, 2.75) is 53.4 Å². The molecule has 0 amide bonds. The van der Waals surface area contributed by atoms with Crippen molar-refractivity contribution in [1.29, 1.82) is 10.5 Å². The lowest BCUT2D eigenvalue weighted by Crippen LogP contribution is -2.34. The van der Waals surface area contributed by atoms with Gasteiger partial charge in [0.15, 0.2) is 0 Å². The van der Waals surface area contributed by atoms with E-state index in [9.17, 15) is 10.5 Å². The minimum Gasteiger partial charge on any atom is -0.270 e. The van der Waals surface area contributed by atoms with Crippen LogP contribution in [0.25, 0.3) is 9.69 Å². The van der Waals surface area contributed by atoms with Gasteiger partial charge in [-0.25, -0.2) is 20.2 Å². The molecule has 154 valence electrons. The summed E-state index contributed by atoms with van der Waals surface area (Å²) < 4.78 is 4.46. The van der Waals surface area contributed by atoms with E-state index in [1.165, 1.54) is 0 Å². The first-order valence-corrected chi connectivity index (χ1v) is 12.1. The van der Waals surface area contributed by atoms with Crippen LogP contribution >= 0.6 is 7.19 Å². The largest absolute Gasteiger partial charge is 0.270 e. The number of hydrogen-bond acceptors (Lipinski definition) is 4. The molecule has 0 saturated heterocycles. The summed E-state index contributed by atoms with van der Waals surface area (Å²) in [7, 11) is -2.57. The van der Waals surface area contributed by atoms with Crippen molar-refractivity contribution in [1.82, 2.24) is 9.34 Å². The van der Waals surface area contributed by atoms with Crippen molar-refractivity contribution in [3.8, 4) is 12.1 Å². The maximum absolute atomic E-state index is 9.88. The standard InChI is InChI=1S/C22H31N6P/c1-8-27(9-2)29(7,28(10-3)11-4)22(20(17-24)26-6)21(19(16-23)25-5)18-14-12-13-15-18/h18H,7-15H2,1-4H3. The van der Waals surface area contributed by atoms with E-state index >= 15 is 0 Å². The fourth-order valence-electron chi connectivity index (χ4n) is 4.32. The first-order valence-electron chi connectivity index (χ1n) is 10.2. The maximum atomic E-state index is 9.88. The van der Waals surface area contributed by atoms with Crippen LogP contribution in [0.2, 0.25) is 0 Å². The Bertz CT molecular complexity index is 809. The summed E-state index contributed by atoms with van der Waals surface area (Å²) >= 11 is 0. The first kappa shape index (κ1) is 24.7. The topological polar surface area (TPSA) is 62.8 Å². The van der Waals surface area contributed by atoms with E-state index in [0.717, 1.165) is 25.7 Å². The Morgan fingerprint density at radius 2 is 1.34 bits per heavy atom. The predicted molar refractivity (Wildman–Crippen MR) is 120 cm³/mol. The van der Waals surface area contributed by atoms with Crippen LogP contribution < -0.4 is 0 Å². The molecule has 0 spiro atoms. The molecule has 1 aliphatic carbocycles. The molecule has 0 unspecified atom stereocenters. The third-order valence-corrected chi connectivity index (χ3v) is 9.86. The van der Waals surface area contributed by atoms with Gasteiger partial charge in [0.1, 0.15) is 0 Å². The molecule has 0 aromatic rings. The second-order valence-corrected chi connectivity index (χ2v) is 9.94. The third kappa shape index (κ3) is 4.81. The van der Waals surface area contributed by atoms with E-state index in [1.54, 1.807) is 0 Å². The van der Waals surface area contributed by atoms with E-state index in [-0.39, 0.29) is 17.3 Å². The Morgan fingerprint density at radius 1 is 0.931 bits per heavy atom. The van der Waals surface area contributed by atoms with Crippen molar-refractivity contribution in [3.63, 3.8) is 0 Å². The molecule has 6 nitrogen and oxygen atoms in total. The average Bonchev–Trinajstić information content (AvgIpc) is 3.26. The average molecular weight is 411 g/mol. The third-order valence-electron chi connectivity index (χ3n) is 5.69. The van der Waals surface area contributed by atoms with Crippen LogP contribution in [0.4, 0.5) is 0 Å². The Kier molecular flexibility index (Phi) is 9.89. The summed E-state index contributed by atoms with van der Waals surface area (Å²) in [6, 6.07) is 4.15. The van der Waals surface area contributed by atoms with Crippen LogP contribution in [-0.2, 0) is 0 Å². The lowest BCUT2D eigenvalue weighted by molar-refractivity contribution is 0.423. The van der Waals surface area contributed by atoms with E-state index in [4.69, 9.17) is 13.1 Å². The fourth-order valence-corrected chi connectivity index (χ4v) is 8.23. The molecule has 0 aromatic carbocycles. The quantitative estimate of drug-likeness (QED) is 0.218. The molecule has 0 aromatic heterocycles. The van der Waals surface area contributed by atoms with Crippen LogP contribution in [0.5, 0.6) is 0 Å². The van der Waals surface area contributed by atoms with Gasteiger partial charge in [-0.05, 0) is 24.3 Å². The van der Waals surface area contributed by atoms with Gasteiger partial charge in [-0.15, -0.1) is 0 Å². The van der Waals surface area contributed by atoms with E-state index in [2.05, 4.69) is 37.5 Å². The highest BCUT2D eigenvalue weighted by Crippen LogP contribution is 2.64. The van der Waals surface area contributed by atoms with Crippen LogP contribution in [-0.4, -0.2) is 41.8 Å². The second kappa shape index (κ2) is 11.6. The molecule has 0 heterocycles. The van der Waals surface area contributed by atoms with Crippen molar-refractivity contribution >= 4 is 13.5 Å². The smallest absolute Gasteiger partial charge is 0.270 e. The van der Waals surface area contributed by atoms with Gasteiger partial charge in [0, 0.05) is 38.7 Å². The predicted octanol–water partition coefficient (Wildman–Crippen LogP) is 5.49. The van der Waals surface area contributed by atoms with Gasteiger partial charge in [0.2, 0.25) is 0 Å². The molecule has 1 saturated carbocycles. The first-order chi connectivity index (χ1) is 13.9. The zero-order valence-corrected chi connectivity index (χ0v) is 19.0. The van der Waals surface area contributed by atoms with Crippen molar-refractivity contribution < 1.29 is 0 Å². The summed E-state index contributed by atoms with van der Waals surface area (Å²) in [6.45, 7) is 26.4. The summed E-state index contributed by atoms with van der Waals surface area (Å²) in [5.41, 5.74) is 0.593. The van der Waals surface area contributed by atoms with Gasteiger partial charge in [-0.2, -0.15) is 0 Å². The highest BCUT2D eigenvalue weighted by molar-refractivity contribution is 7.73. The zero-order valence-electron chi connectivity index (χ0n) is 18.1. The molecule has 1 rings (SSSR count). The lowest BCUT2D eigenvalue weighted by Gasteiger charge is -2.47. The fraction of sp³-hybridized carbons (Fsp3) is 0.591. The van der Waals surface area contributed by atoms with Crippen LogP contribution in [0.3, 0.4) is 0 Å². The molecule has 1 aliphatic rings. The molecular weight excluding hydrogens is 379 g/mol. The van der Waals surface area contributed by atoms with Gasteiger partial charge in [0.25, 0.3) is 11.4 Å². The van der Waals surface area contributed by atoms with Gasteiger partial charge >= 0.3 is 0 Å². The monoisotopic (exact) mass is 410 g/mol. The van der Waals surface area contributed by atoms with E-state index < -0.39 is 7.19 Å². The molecule has 0 bridgehead atoms. The Labute approximate surface area is 176 Å². The van der Waals surface area contributed by atoms with E-state index in [1.807, 2.05) is 27.7 Å². The lowest BCUT2D eigenvalue weighted by atomic mass is 9.94. The molecule has 1 fully saturated rings. The van der Waals surface area contributed by atoms with Crippen molar-refractivity contribution in [3.05, 3.63) is 45.1 Å². The van der Waals surface area contributed by atoms with Gasteiger partial charge in [0.05, 0.1) is 25.3 Å². The Balaban J connectivity index is 4.14. The summed E-state index contributed by atoms with van der Waals surface area (Å²) in [6.07, 6.45) is 8.46. The number of rotatable bonds is 9. The van der Waals surface area contributed by atoms with Gasteiger partial charge in [-0.3, -0.25) is 9.34 Å². The Hall–Kier alpha value is -2.34. The van der Waals surface area contributed by atoms with Crippen molar-refractivity contribution in [2.75, 3.05) is 26.2 Å². The van der Waals surface area contributed by atoms with Crippen LogP contribution in [0.1, 0.15) is 53.4 Å². The van der Waals surface area contributed by atoms with Crippen LogP contribution in [0.15, 0.2) is 22.3 Å². The molecule has 7 heteroatoms. The summed E-state index contributed by atoms with van der Waals surface area (Å²) in [5, 5.41) is 20.2. The molecule has 29 heavy (non-hydrogen) atoms. The summed E-state index contributed by atoms with van der Waals surface area (Å²) in [4.78, 5) is 7.11. The molecular formula is C22H31N6P. The van der Waals surface area contributed by atoms with Gasteiger partial charge < -0.3 is 0 Å². The highest BCUT2D eigenvalue weighted by Gasteiger charge is 2.39. The minimum absolute atomic E-state index is 0.00985. The maximum Gasteiger partial charge on any atom is 0.270 e.